The summed E-state index contributed by atoms with van der Waals surface area (Å²) < 4.78 is 12.0. The van der Waals surface area contributed by atoms with Gasteiger partial charge in [0.25, 0.3) is 0 Å². The standard InChI is InChI=1S/C13H14BrNO2/c1-9-4-11(2-3-13(9)14)17-8-12-5-10(6-15)7-16-12/h2-5,7H,6,8,15H2,1H3. The fraction of sp³-hybridized carbons (Fsp3) is 0.231. The van der Waals surface area contributed by atoms with Gasteiger partial charge in [-0.15, -0.1) is 0 Å². The second kappa shape index (κ2) is 5.38. The molecule has 0 unspecified atom stereocenters. The van der Waals surface area contributed by atoms with Gasteiger partial charge in [-0.3, -0.25) is 0 Å². The maximum Gasteiger partial charge on any atom is 0.146 e. The van der Waals surface area contributed by atoms with Crippen molar-refractivity contribution in [2.45, 2.75) is 20.1 Å². The number of rotatable bonds is 4. The van der Waals surface area contributed by atoms with Crippen molar-refractivity contribution in [3.63, 3.8) is 0 Å². The summed E-state index contributed by atoms with van der Waals surface area (Å²) in [6.07, 6.45) is 1.66. The molecule has 0 amide bonds. The van der Waals surface area contributed by atoms with E-state index in [0.717, 1.165) is 27.1 Å². The van der Waals surface area contributed by atoms with Gasteiger partial charge >= 0.3 is 0 Å². The SMILES string of the molecule is Cc1cc(OCc2cc(CN)co2)ccc1Br. The Hall–Kier alpha value is -1.26. The molecule has 2 rings (SSSR count). The van der Waals surface area contributed by atoms with Gasteiger partial charge in [0, 0.05) is 16.6 Å². The van der Waals surface area contributed by atoms with Gasteiger partial charge in [-0.25, -0.2) is 0 Å². The zero-order chi connectivity index (χ0) is 12.3. The van der Waals surface area contributed by atoms with Crippen molar-refractivity contribution in [3.8, 4) is 5.75 Å². The summed E-state index contributed by atoms with van der Waals surface area (Å²) in [7, 11) is 0. The first-order valence-electron chi connectivity index (χ1n) is 5.34. The number of nitrogens with two attached hydrogens (primary N) is 1. The molecule has 3 nitrogen and oxygen atoms in total. The van der Waals surface area contributed by atoms with Gasteiger partial charge in [0.15, 0.2) is 0 Å². The first-order valence-corrected chi connectivity index (χ1v) is 6.13. The van der Waals surface area contributed by atoms with Crippen LogP contribution in [0.15, 0.2) is 39.4 Å². The topological polar surface area (TPSA) is 48.4 Å². The molecule has 0 spiro atoms. The average molecular weight is 296 g/mol. The van der Waals surface area contributed by atoms with Crippen LogP contribution in [0.2, 0.25) is 0 Å². The molecule has 0 saturated heterocycles. The van der Waals surface area contributed by atoms with E-state index in [9.17, 15) is 0 Å². The zero-order valence-corrected chi connectivity index (χ0v) is 11.2. The molecule has 0 bridgehead atoms. The van der Waals surface area contributed by atoms with Crippen LogP contribution in [0.5, 0.6) is 5.75 Å². The minimum Gasteiger partial charge on any atom is -0.486 e. The summed E-state index contributed by atoms with van der Waals surface area (Å²) in [6.45, 7) is 2.93. The lowest BCUT2D eigenvalue weighted by molar-refractivity contribution is 0.270. The molecule has 0 fully saturated rings. The number of benzene rings is 1. The summed E-state index contributed by atoms with van der Waals surface area (Å²) in [5.41, 5.74) is 7.63. The first kappa shape index (κ1) is 12.2. The highest BCUT2D eigenvalue weighted by Gasteiger charge is 2.03. The van der Waals surface area contributed by atoms with E-state index in [-0.39, 0.29) is 0 Å². The Morgan fingerprint density at radius 3 is 2.82 bits per heavy atom. The van der Waals surface area contributed by atoms with Crippen LogP contribution in [0.1, 0.15) is 16.9 Å². The van der Waals surface area contributed by atoms with Gasteiger partial charge in [-0.05, 0) is 36.8 Å². The number of hydrogen-bond acceptors (Lipinski definition) is 3. The van der Waals surface area contributed by atoms with Crippen LogP contribution in [-0.4, -0.2) is 0 Å². The highest BCUT2D eigenvalue weighted by atomic mass is 79.9. The zero-order valence-electron chi connectivity index (χ0n) is 9.57. The van der Waals surface area contributed by atoms with Gasteiger partial charge in [-0.1, -0.05) is 15.9 Å². The van der Waals surface area contributed by atoms with Crippen LogP contribution in [0, 0.1) is 6.92 Å². The Labute approximate surface area is 109 Å². The minimum atomic E-state index is 0.418. The van der Waals surface area contributed by atoms with Gasteiger partial charge in [0.1, 0.15) is 18.1 Å². The van der Waals surface area contributed by atoms with E-state index in [1.54, 1.807) is 6.26 Å². The summed E-state index contributed by atoms with van der Waals surface area (Å²) in [5.74, 6) is 1.61. The van der Waals surface area contributed by atoms with Crippen molar-refractivity contribution in [2.75, 3.05) is 0 Å². The third kappa shape index (κ3) is 3.11. The summed E-state index contributed by atoms with van der Waals surface area (Å²) in [4.78, 5) is 0. The lowest BCUT2D eigenvalue weighted by Crippen LogP contribution is -1.95. The smallest absolute Gasteiger partial charge is 0.146 e. The quantitative estimate of drug-likeness (QED) is 0.940. The highest BCUT2D eigenvalue weighted by Crippen LogP contribution is 2.22. The Morgan fingerprint density at radius 2 is 2.18 bits per heavy atom. The molecule has 0 aliphatic carbocycles. The number of aryl methyl sites for hydroxylation is 1. The van der Waals surface area contributed by atoms with Gasteiger partial charge in [0.2, 0.25) is 0 Å². The van der Waals surface area contributed by atoms with E-state index in [4.69, 9.17) is 14.9 Å². The summed E-state index contributed by atoms with van der Waals surface area (Å²) in [6, 6.07) is 7.78. The molecule has 0 radical (unpaired) electrons. The molecule has 1 heterocycles. The average Bonchev–Trinajstić information content (AvgIpc) is 2.79. The van der Waals surface area contributed by atoms with E-state index >= 15 is 0 Å². The molecule has 1 aromatic heterocycles. The highest BCUT2D eigenvalue weighted by molar-refractivity contribution is 9.10. The van der Waals surface area contributed by atoms with E-state index < -0.39 is 0 Å². The number of ether oxygens (including phenoxy) is 1. The van der Waals surface area contributed by atoms with E-state index in [0.29, 0.717) is 13.2 Å². The van der Waals surface area contributed by atoms with Crippen LogP contribution in [0.3, 0.4) is 0 Å². The Balaban J connectivity index is 1.99. The first-order chi connectivity index (χ1) is 8.19. The van der Waals surface area contributed by atoms with Crippen molar-refractivity contribution >= 4 is 15.9 Å². The molecule has 0 saturated carbocycles. The molecule has 2 aromatic rings. The predicted molar refractivity (Wildman–Crippen MR) is 69.8 cm³/mol. The fourth-order valence-corrected chi connectivity index (χ4v) is 1.72. The number of halogens is 1. The van der Waals surface area contributed by atoms with Crippen LogP contribution in [0.4, 0.5) is 0 Å². The van der Waals surface area contributed by atoms with Crippen LogP contribution in [-0.2, 0) is 13.2 Å². The molecular weight excluding hydrogens is 282 g/mol. The molecular formula is C13H14BrNO2. The van der Waals surface area contributed by atoms with Gasteiger partial charge < -0.3 is 14.9 Å². The van der Waals surface area contributed by atoms with Crippen LogP contribution in [0.25, 0.3) is 0 Å². The van der Waals surface area contributed by atoms with Gasteiger partial charge in [-0.2, -0.15) is 0 Å². The van der Waals surface area contributed by atoms with E-state index in [1.165, 1.54) is 0 Å². The normalized spacial score (nSPS) is 10.5. The maximum atomic E-state index is 5.63. The number of furan rings is 1. The molecule has 1 aromatic carbocycles. The maximum absolute atomic E-state index is 5.63. The van der Waals surface area contributed by atoms with E-state index in [1.807, 2.05) is 31.2 Å². The molecule has 17 heavy (non-hydrogen) atoms. The Kier molecular flexibility index (Phi) is 3.86. The molecule has 0 atom stereocenters. The van der Waals surface area contributed by atoms with Gasteiger partial charge in [0.05, 0.1) is 6.26 Å². The predicted octanol–water partition coefficient (Wildman–Crippen LogP) is 3.39. The van der Waals surface area contributed by atoms with Crippen molar-refractivity contribution < 1.29 is 9.15 Å². The number of hydrogen-bond donors (Lipinski definition) is 1. The van der Waals surface area contributed by atoms with Crippen LogP contribution < -0.4 is 10.5 Å². The summed E-state index contributed by atoms with van der Waals surface area (Å²) in [5, 5.41) is 0. The van der Waals surface area contributed by atoms with Crippen molar-refractivity contribution in [1.29, 1.82) is 0 Å². The van der Waals surface area contributed by atoms with E-state index in [2.05, 4.69) is 15.9 Å². The third-order valence-electron chi connectivity index (χ3n) is 2.45. The second-order valence-corrected chi connectivity index (χ2v) is 4.68. The summed E-state index contributed by atoms with van der Waals surface area (Å²) >= 11 is 3.45. The van der Waals surface area contributed by atoms with Crippen molar-refractivity contribution in [1.82, 2.24) is 0 Å². The molecule has 0 aliphatic heterocycles. The Morgan fingerprint density at radius 1 is 1.35 bits per heavy atom. The minimum absolute atomic E-state index is 0.418. The molecule has 0 aliphatic rings. The Bertz CT molecular complexity index is 508. The lowest BCUT2D eigenvalue weighted by Gasteiger charge is -2.05. The molecule has 4 heteroatoms. The molecule has 90 valence electrons. The largest absolute Gasteiger partial charge is 0.486 e. The third-order valence-corrected chi connectivity index (χ3v) is 3.34. The molecule has 2 N–H and O–H groups in total. The lowest BCUT2D eigenvalue weighted by atomic mass is 10.2. The monoisotopic (exact) mass is 295 g/mol. The fourth-order valence-electron chi connectivity index (χ4n) is 1.47. The van der Waals surface area contributed by atoms with Crippen molar-refractivity contribution in [3.05, 3.63) is 51.9 Å². The van der Waals surface area contributed by atoms with Crippen molar-refractivity contribution in [2.24, 2.45) is 5.73 Å². The second-order valence-electron chi connectivity index (χ2n) is 3.83. The van der Waals surface area contributed by atoms with Crippen LogP contribution >= 0.6 is 15.9 Å².